The molecule has 4 rings (SSSR count). The van der Waals surface area contributed by atoms with E-state index in [0.29, 0.717) is 33.0 Å². The minimum atomic E-state index is -0.468. The van der Waals surface area contributed by atoms with Crippen molar-refractivity contribution in [3.8, 4) is 17.0 Å². The highest BCUT2D eigenvalue weighted by atomic mass is 32.1. The summed E-state index contributed by atoms with van der Waals surface area (Å²) in [7, 11) is 1.41. The Bertz CT molecular complexity index is 1110. The Hall–Kier alpha value is -3.33. The van der Waals surface area contributed by atoms with Gasteiger partial charge in [0.25, 0.3) is 5.91 Å². The number of amides is 1. The number of anilines is 1. The van der Waals surface area contributed by atoms with Crippen LogP contribution in [0.25, 0.3) is 22.3 Å². The van der Waals surface area contributed by atoms with E-state index >= 15 is 0 Å². The third kappa shape index (κ3) is 3.00. The molecule has 9 heteroatoms. The van der Waals surface area contributed by atoms with E-state index < -0.39 is 5.82 Å². The van der Waals surface area contributed by atoms with Gasteiger partial charge in [-0.2, -0.15) is 15.4 Å². The number of aromatic amines is 1. The van der Waals surface area contributed by atoms with Crippen molar-refractivity contribution in [2.24, 2.45) is 0 Å². The van der Waals surface area contributed by atoms with Gasteiger partial charge in [-0.1, -0.05) is 0 Å². The molecule has 0 aliphatic heterocycles. The number of carbonyl (C=O) groups excluding carboxylic acids is 1. The van der Waals surface area contributed by atoms with Gasteiger partial charge in [0.15, 0.2) is 16.7 Å². The highest BCUT2D eigenvalue weighted by Crippen LogP contribution is 2.28. The van der Waals surface area contributed by atoms with E-state index in [1.165, 1.54) is 30.6 Å². The molecule has 0 fully saturated rings. The van der Waals surface area contributed by atoms with Crippen molar-refractivity contribution in [3.63, 3.8) is 0 Å². The number of rotatable bonds is 4. The topological polar surface area (TPSA) is 92.8 Å². The number of H-pyrrole nitrogens is 1. The summed E-state index contributed by atoms with van der Waals surface area (Å²) in [6, 6.07) is 9.60. The van der Waals surface area contributed by atoms with Crippen molar-refractivity contribution in [1.82, 2.24) is 20.4 Å². The van der Waals surface area contributed by atoms with Gasteiger partial charge in [-0.15, -0.1) is 11.3 Å². The SMILES string of the molecule is COc1ccc(-c2csc(NC(=O)c3ccc4n[nH]nc4c3)n2)cc1F. The zero-order chi connectivity index (χ0) is 18.1. The summed E-state index contributed by atoms with van der Waals surface area (Å²) in [6.45, 7) is 0. The zero-order valence-electron chi connectivity index (χ0n) is 13.5. The fourth-order valence-corrected chi connectivity index (χ4v) is 3.15. The Morgan fingerprint density at radius 2 is 2.04 bits per heavy atom. The van der Waals surface area contributed by atoms with Crippen LogP contribution in [0.4, 0.5) is 9.52 Å². The molecule has 0 bridgehead atoms. The predicted octanol–water partition coefficient (Wildman–Crippen LogP) is 3.48. The van der Waals surface area contributed by atoms with Crippen LogP contribution in [0.3, 0.4) is 0 Å². The Labute approximate surface area is 150 Å². The summed E-state index contributed by atoms with van der Waals surface area (Å²) >= 11 is 1.26. The molecule has 2 aromatic carbocycles. The molecule has 0 saturated carbocycles. The maximum atomic E-state index is 13.8. The number of thiazole rings is 1. The molecule has 2 N–H and O–H groups in total. The molecular formula is C17H12FN5O2S. The summed E-state index contributed by atoms with van der Waals surface area (Å²) in [5.74, 6) is -0.609. The van der Waals surface area contributed by atoms with E-state index in [4.69, 9.17) is 4.74 Å². The maximum Gasteiger partial charge on any atom is 0.257 e. The van der Waals surface area contributed by atoms with Crippen LogP contribution in [0, 0.1) is 5.82 Å². The number of methoxy groups -OCH3 is 1. The molecule has 0 unspecified atom stereocenters. The van der Waals surface area contributed by atoms with Gasteiger partial charge >= 0.3 is 0 Å². The second-order valence-corrected chi connectivity index (χ2v) is 6.23. The van der Waals surface area contributed by atoms with Crippen molar-refractivity contribution in [2.75, 3.05) is 12.4 Å². The largest absolute Gasteiger partial charge is 0.494 e. The van der Waals surface area contributed by atoms with Gasteiger partial charge in [0, 0.05) is 16.5 Å². The van der Waals surface area contributed by atoms with Crippen molar-refractivity contribution < 1.29 is 13.9 Å². The van der Waals surface area contributed by atoms with E-state index in [2.05, 4.69) is 25.7 Å². The van der Waals surface area contributed by atoms with Crippen LogP contribution < -0.4 is 10.1 Å². The number of nitrogens with one attached hydrogen (secondary N) is 2. The predicted molar refractivity (Wildman–Crippen MR) is 95.9 cm³/mol. The molecule has 130 valence electrons. The first kappa shape index (κ1) is 16.2. The quantitative estimate of drug-likeness (QED) is 0.574. The average molecular weight is 369 g/mol. The van der Waals surface area contributed by atoms with Crippen LogP contribution in [0.1, 0.15) is 10.4 Å². The van der Waals surface area contributed by atoms with Crippen LogP contribution in [0.15, 0.2) is 41.8 Å². The molecule has 2 aromatic heterocycles. The number of aromatic nitrogens is 4. The second kappa shape index (κ2) is 6.52. The highest BCUT2D eigenvalue weighted by Gasteiger charge is 2.13. The fourth-order valence-electron chi connectivity index (χ4n) is 2.44. The first-order valence-electron chi connectivity index (χ1n) is 7.55. The number of carbonyl (C=O) groups is 1. The number of benzene rings is 2. The van der Waals surface area contributed by atoms with Crippen LogP contribution in [0.2, 0.25) is 0 Å². The molecular weight excluding hydrogens is 357 g/mol. The summed E-state index contributed by atoms with van der Waals surface area (Å²) in [6.07, 6.45) is 0. The Morgan fingerprint density at radius 3 is 2.85 bits per heavy atom. The van der Waals surface area contributed by atoms with Crippen LogP contribution >= 0.6 is 11.3 Å². The third-order valence-corrected chi connectivity index (χ3v) is 4.51. The van der Waals surface area contributed by atoms with Gasteiger partial charge in [0.05, 0.1) is 12.8 Å². The number of hydrogen-bond donors (Lipinski definition) is 2. The maximum absolute atomic E-state index is 13.8. The molecule has 0 aliphatic rings. The molecule has 0 aliphatic carbocycles. The second-order valence-electron chi connectivity index (χ2n) is 5.37. The molecule has 0 spiro atoms. The van der Waals surface area contributed by atoms with Gasteiger partial charge in [0.2, 0.25) is 0 Å². The third-order valence-electron chi connectivity index (χ3n) is 3.75. The van der Waals surface area contributed by atoms with Crippen molar-refractivity contribution in [2.45, 2.75) is 0 Å². The molecule has 4 aromatic rings. The van der Waals surface area contributed by atoms with Gasteiger partial charge in [-0.05, 0) is 36.4 Å². The first-order valence-corrected chi connectivity index (χ1v) is 8.43. The summed E-state index contributed by atoms with van der Waals surface area (Å²) in [4.78, 5) is 16.7. The average Bonchev–Trinajstić information content (AvgIpc) is 3.30. The molecule has 0 saturated heterocycles. The number of hydrogen-bond acceptors (Lipinski definition) is 6. The zero-order valence-corrected chi connectivity index (χ0v) is 14.3. The number of ether oxygens (including phenoxy) is 1. The van der Waals surface area contributed by atoms with E-state index in [-0.39, 0.29) is 11.7 Å². The monoisotopic (exact) mass is 369 g/mol. The molecule has 7 nitrogen and oxygen atoms in total. The lowest BCUT2D eigenvalue weighted by atomic mass is 10.1. The van der Waals surface area contributed by atoms with Crippen molar-refractivity contribution >= 4 is 33.4 Å². The molecule has 0 atom stereocenters. The van der Waals surface area contributed by atoms with E-state index in [1.54, 1.807) is 29.6 Å². The Morgan fingerprint density at radius 1 is 1.19 bits per heavy atom. The lowest BCUT2D eigenvalue weighted by Gasteiger charge is -2.03. The van der Waals surface area contributed by atoms with Crippen molar-refractivity contribution in [3.05, 3.63) is 53.2 Å². The normalized spacial score (nSPS) is 10.8. The fraction of sp³-hybridized carbons (Fsp3) is 0.0588. The van der Waals surface area contributed by atoms with E-state index in [0.717, 1.165) is 0 Å². The van der Waals surface area contributed by atoms with E-state index in [9.17, 15) is 9.18 Å². The van der Waals surface area contributed by atoms with Gasteiger partial charge in [0.1, 0.15) is 11.0 Å². The lowest BCUT2D eigenvalue weighted by molar-refractivity contribution is 0.102. The highest BCUT2D eigenvalue weighted by molar-refractivity contribution is 7.14. The van der Waals surface area contributed by atoms with E-state index in [1.807, 2.05) is 0 Å². The number of halogens is 1. The summed E-state index contributed by atoms with van der Waals surface area (Å²) in [5.41, 5.74) is 2.90. The van der Waals surface area contributed by atoms with Crippen LogP contribution in [-0.2, 0) is 0 Å². The van der Waals surface area contributed by atoms with Gasteiger partial charge < -0.3 is 4.74 Å². The minimum Gasteiger partial charge on any atom is -0.494 e. The van der Waals surface area contributed by atoms with Crippen LogP contribution in [0.5, 0.6) is 5.75 Å². The van der Waals surface area contributed by atoms with Gasteiger partial charge in [-0.25, -0.2) is 9.37 Å². The standard InChI is InChI=1S/C17H12FN5O2S/c1-25-15-5-3-9(6-11(15)18)14-8-26-17(19-14)20-16(24)10-2-4-12-13(7-10)22-23-21-12/h2-8H,1H3,(H,19,20,24)(H,21,22,23). The molecule has 1 amide bonds. The van der Waals surface area contributed by atoms with Gasteiger partial charge in [-0.3, -0.25) is 10.1 Å². The molecule has 26 heavy (non-hydrogen) atoms. The lowest BCUT2D eigenvalue weighted by Crippen LogP contribution is -2.11. The van der Waals surface area contributed by atoms with Crippen molar-refractivity contribution in [1.29, 1.82) is 0 Å². The smallest absolute Gasteiger partial charge is 0.257 e. The summed E-state index contributed by atoms with van der Waals surface area (Å²) < 4.78 is 18.7. The Kier molecular flexibility index (Phi) is 4.05. The summed E-state index contributed by atoms with van der Waals surface area (Å²) in [5, 5.41) is 15.3. The Balaban J connectivity index is 1.54. The molecule has 2 heterocycles. The number of fused-ring (bicyclic) bond motifs is 1. The molecule has 0 radical (unpaired) electrons. The minimum absolute atomic E-state index is 0.167. The van der Waals surface area contributed by atoms with Crippen LogP contribution in [-0.4, -0.2) is 33.4 Å². The first-order chi connectivity index (χ1) is 12.6. The number of nitrogens with zero attached hydrogens (tertiary/aromatic N) is 3.